The molecule has 1 saturated heterocycles. The van der Waals surface area contributed by atoms with Gasteiger partial charge in [-0.15, -0.1) is 0 Å². The van der Waals surface area contributed by atoms with Crippen LogP contribution in [0, 0.1) is 0 Å². The third kappa shape index (κ3) is 3.23. The van der Waals surface area contributed by atoms with Gasteiger partial charge in [0.15, 0.2) is 0 Å². The van der Waals surface area contributed by atoms with Gasteiger partial charge < -0.3 is 10.0 Å². The highest BCUT2D eigenvalue weighted by molar-refractivity contribution is 6.30. The van der Waals surface area contributed by atoms with Crippen molar-refractivity contribution in [1.29, 1.82) is 0 Å². The van der Waals surface area contributed by atoms with Crippen molar-refractivity contribution in [1.82, 2.24) is 9.55 Å². The maximum atomic E-state index is 12.0. The van der Waals surface area contributed by atoms with E-state index >= 15 is 0 Å². The molecule has 2 aromatic heterocycles. The highest BCUT2D eigenvalue weighted by Gasteiger charge is 2.32. The number of pyridine rings is 2. The van der Waals surface area contributed by atoms with Crippen LogP contribution in [0.1, 0.15) is 18.0 Å². The summed E-state index contributed by atoms with van der Waals surface area (Å²) in [5.41, 5.74) is 1.82. The van der Waals surface area contributed by atoms with E-state index in [1.165, 1.54) is 6.07 Å². The van der Waals surface area contributed by atoms with Crippen LogP contribution in [0.15, 0.2) is 71.8 Å². The van der Waals surface area contributed by atoms with E-state index in [-0.39, 0.29) is 11.6 Å². The highest BCUT2D eigenvalue weighted by Crippen LogP contribution is 2.35. The topological polar surface area (TPSA) is 58.4 Å². The van der Waals surface area contributed by atoms with Crippen LogP contribution >= 0.6 is 11.6 Å². The molecule has 26 heavy (non-hydrogen) atoms. The van der Waals surface area contributed by atoms with E-state index in [0.29, 0.717) is 18.0 Å². The molecule has 4 rings (SSSR count). The first-order valence-electron chi connectivity index (χ1n) is 8.46. The second-order valence-corrected chi connectivity index (χ2v) is 6.83. The first kappa shape index (κ1) is 16.8. The number of β-amino-alcohol motifs (C(OH)–C–C–N with tert-alkyl or cyclic N) is 1. The molecule has 0 saturated carbocycles. The molecule has 0 aliphatic carbocycles. The van der Waals surface area contributed by atoms with Crippen LogP contribution in [-0.4, -0.2) is 27.3 Å². The van der Waals surface area contributed by atoms with Gasteiger partial charge in [-0.1, -0.05) is 29.8 Å². The van der Waals surface area contributed by atoms with Gasteiger partial charge in [-0.2, -0.15) is 0 Å². The van der Waals surface area contributed by atoms with Gasteiger partial charge in [-0.3, -0.25) is 9.36 Å². The minimum Gasteiger partial charge on any atom is -0.391 e. The molecule has 3 aromatic rings. The molecule has 0 bridgehead atoms. The number of aliphatic hydroxyl groups is 1. The zero-order valence-electron chi connectivity index (χ0n) is 14.0. The Morgan fingerprint density at radius 3 is 2.58 bits per heavy atom. The number of hydrogen-bond acceptors (Lipinski definition) is 4. The zero-order chi connectivity index (χ0) is 18.1. The molecule has 3 heterocycles. The molecule has 1 N–H and O–H groups in total. The molecular formula is C20H18ClN3O2. The molecule has 1 aliphatic rings. The Bertz CT molecular complexity index is 954. The third-order valence-electron chi connectivity index (χ3n) is 4.66. The summed E-state index contributed by atoms with van der Waals surface area (Å²) in [6.07, 6.45) is 3.59. The Hall–Kier alpha value is -2.63. The van der Waals surface area contributed by atoms with Crippen LogP contribution in [0.3, 0.4) is 0 Å². The molecule has 0 radical (unpaired) electrons. The molecule has 0 amide bonds. The van der Waals surface area contributed by atoms with E-state index in [1.54, 1.807) is 29.1 Å². The quantitative estimate of drug-likeness (QED) is 0.772. The molecule has 5 nitrogen and oxygen atoms in total. The molecule has 2 atom stereocenters. The summed E-state index contributed by atoms with van der Waals surface area (Å²) in [4.78, 5) is 18.4. The van der Waals surface area contributed by atoms with Crippen LogP contribution in [0.4, 0.5) is 5.82 Å². The summed E-state index contributed by atoms with van der Waals surface area (Å²) >= 11 is 5.93. The van der Waals surface area contributed by atoms with Crippen LogP contribution in [0.25, 0.3) is 5.69 Å². The number of hydrogen-bond donors (Lipinski definition) is 1. The Labute approximate surface area is 156 Å². The summed E-state index contributed by atoms with van der Waals surface area (Å²) in [6.45, 7) is 0.527. The van der Waals surface area contributed by atoms with E-state index in [2.05, 4.69) is 9.88 Å². The second-order valence-electron chi connectivity index (χ2n) is 6.39. The Morgan fingerprint density at radius 1 is 1.08 bits per heavy atom. The molecule has 1 aliphatic heterocycles. The van der Waals surface area contributed by atoms with Crippen LogP contribution in [0.5, 0.6) is 0 Å². The van der Waals surface area contributed by atoms with Crippen molar-refractivity contribution in [2.24, 2.45) is 0 Å². The smallest absolute Gasteiger partial charge is 0.255 e. The monoisotopic (exact) mass is 367 g/mol. The predicted octanol–water partition coefficient (Wildman–Crippen LogP) is 3.20. The lowest BCUT2D eigenvalue weighted by molar-refractivity contribution is 0.194. The van der Waals surface area contributed by atoms with Crippen LogP contribution in [-0.2, 0) is 0 Å². The van der Waals surface area contributed by atoms with E-state index in [1.807, 2.05) is 36.4 Å². The number of nitrogens with zero attached hydrogens (tertiary/aromatic N) is 3. The highest BCUT2D eigenvalue weighted by atomic mass is 35.5. The van der Waals surface area contributed by atoms with E-state index in [9.17, 15) is 9.90 Å². The minimum atomic E-state index is -0.408. The van der Waals surface area contributed by atoms with Crippen molar-refractivity contribution >= 4 is 17.4 Å². The van der Waals surface area contributed by atoms with E-state index in [4.69, 9.17) is 11.6 Å². The van der Waals surface area contributed by atoms with Crippen molar-refractivity contribution < 1.29 is 5.11 Å². The number of halogens is 1. The van der Waals surface area contributed by atoms with E-state index in [0.717, 1.165) is 17.1 Å². The molecular weight excluding hydrogens is 350 g/mol. The number of anilines is 1. The fraction of sp³-hybridized carbons (Fsp3) is 0.200. The minimum absolute atomic E-state index is 0.0280. The normalized spacial score (nSPS) is 19.7. The molecule has 6 heteroatoms. The molecule has 0 spiro atoms. The number of aliphatic hydroxyl groups excluding tert-OH is 1. The van der Waals surface area contributed by atoms with Crippen molar-refractivity contribution in [3.05, 3.63) is 87.9 Å². The molecule has 1 fully saturated rings. The third-order valence-corrected chi connectivity index (χ3v) is 4.89. The van der Waals surface area contributed by atoms with Crippen LogP contribution in [0.2, 0.25) is 5.02 Å². The first-order chi connectivity index (χ1) is 12.6. The predicted molar refractivity (Wildman–Crippen MR) is 102 cm³/mol. The van der Waals surface area contributed by atoms with Crippen molar-refractivity contribution in [3.63, 3.8) is 0 Å². The van der Waals surface area contributed by atoms with Crippen LogP contribution < -0.4 is 10.5 Å². The number of benzene rings is 1. The Balaban J connectivity index is 1.64. The van der Waals surface area contributed by atoms with Gasteiger partial charge in [-0.05, 0) is 42.3 Å². The van der Waals surface area contributed by atoms with Gasteiger partial charge in [-0.25, -0.2) is 4.98 Å². The Morgan fingerprint density at radius 2 is 1.88 bits per heavy atom. The van der Waals surface area contributed by atoms with Gasteiger partial charge >= 0.3 is 0 Å². The summed E-state index contributed by atoms with van der Waals surface area (Å²) in [7, 11) is 0. The van der Waals surface area contributed by atoms with Gasteiger partial charge in [0, 0.05) is 30.7 Å². The lowest BCUT2D eigenvalue weighted by atomic mass is 10.0. The van der Waals surface area contributed by atoms with Gasteiger partial charge in [0.1, 0.15) is 5.82 Å². The molecule has 132 valence electrons. The number of rotatable bonds is 3. The fourth-order valence-electron chi connectivity index (χ4n) is 3.42. The lowest BCUT2D eigenvalue weighted by Crippen LogP contribution is -2.25. The van der Waals surface area contributed by atoms with Crippen molar-refractivity contribution in [2.75, 3.05) is 11.4 Å². The Kier molecular flexibility index (Phi) is 4.49. The lowest BCUT2D eigenvalue weighted by Gasteiger charge is -2.26. The van der Waals surface area contributed by atoms with E-state index < -0.39 is 6.10 Å². The second kappa shape index (κ2) is 6.94. The molecule has 1 aromatic carbocycles. The van der Waals surface area contributed by atoms with Gasteiger partial charge in [0.2, 0.25) is 0 Å². The maximum absolute atomic E-state index is 12.0. The standard InChI is InChI=1S/C20H18ClN3O2/c21-15-6-9-19(22-12-15)24-13-17(25)11-18(24)14-4-7-16(8-5-14)23-10-2-1-3-20(23)26/h1-10,12,17-18,25H,11,13H2/t17-,18-/m1/s1. The first-order valence-corrected chi connectivity index (χ1v) is 8.84. The van der Waals surface area contributed by atoms with Crippen molar-refractivity contribution in [2.45, 2.75) is 18.6 Å². The summed E-state index contributed by atoms with van der Waals surface area (Å²) < 4.78 is 1.60. The molecule has 0 unspecified atom stereocenters. The average Bonchev–Trinajstić information content (AvgIpc) is 3.05. The largest absolute Gasteiger partial charge is 0.391 e. The zero-order valence-corrected chi connectivity index (χ0v) is 14.8. The van der Waals surface area contributed by atoms with Gasteiger partial charge in [0.05, 0.1) is 17.2 Å². The summed E-state index contributed by atoms with van der Waals surface area (Å²) in [5, 5.41) is 10.8. The summed E-state index contributed by atoms with van der Waals surface area (Å²) in [6, 6.07) is 16.6. The number of aromatic nitrogens is 2. The maximum Gasteiger partial charge on any atom is 0.255 e. The van der Waals surface area contributed by atoms with Gasteiger partial charge in [0.25, 0.3) is 5.56 Å². The SMILES string of the molecule is O=c1ccccn1-c1ccc([C@H]2C[C@@H](O)CN2c2ccc(Cl)cn2)cc1. The average molecular weight is 368 g/mol. The summed E-state index contributed by atoms with van der Waals surface area (Å²) in [5.74, 6) is 0.791. The van der Waals surface area contributed by atoms with Crippen molar-refractivity contribution in [3.8, 4) is 5.69 Å². The fourth-order valence-corrected chi connectivity index (χ4v) is 3.53.